The Labute approximate surface area is 168 Å². The van der Waals surface area contributed by atoms with Crippen LogP contribution < -0.4 is 0 Å². The molecule has 0 spiro atoms. The molecular formula is C25H41NO. The van der Waals surface area contributed by atoms with Gasteiger partial charge in [0.25, 0.3) is 0 Å². The first-order valence-corrected chi connectivity index (χ1v) is 11.0. The van der Waals surface area contributed by atoms with E-state index in [1.54, 1.807) is 6.08 Å². The highest BCUT2D eigenvalue weighted by atomic mass is 16.2. The lowest BCUT2D eigenvalue weighted by Crippen LogP contribution is -2.31. The zero-order chi connectivity index (χ0) is 20.1. The first kappa shape index (κ1) is 23.5. The molecule has 0 saturated carbocycles. The Morgan fingerprint density at radius 3 is 1.81 bits per heavy atom. The van der Waals surface area contributed by atoms with Gasteiger partial charge in [-0.15, -0.1) is 0 Å². The van der Waals surface area contributed by atoms with Crippen molar-refractivity contribution in [2.45, 2.75) is 91.4 Å². The average molecular weight is 372 g/mol. The first-order chi connectivity index (χ1) is 12.9. The van der Waals surface area contributed by atoms with Gasteiger partial charge in [0.1, 0.15) is 0 Å². The van der Waals surface area contributed by atoms with Gasteiger partial charge in [-0.25, -0.2) is 0 Å². The summed E-state index contributed by atoms with van der Waals surface area (Å²) in [5, 5.41) is 0. The van der Waals surface area contributed by atoms with Crippen LogP contribution in [-0.2, 0) is 10.2 Å². The van der Waals surface area contributed by atoms with E-state index < -0.39 is 0 Å². The number of carbonyl (C=O) groups excluding carboxylic acids is 1. The Morgan fingerprint density at radius 1 is 0.852 bits per heavy atom. The second kappa shape index (κ2) is 12.8. The Balaban J connectivity index is 2.64. The van der Waals surface area contributed by atoms with E-state index in [0.717, 1.165) is 31.5 Å². The minimum Gasteiger partial charge on any atom is -0.339 e. The van der Waals surface area contributed by atoms with Gasteiger partial charge in [-0.3, -0.25) is 4.79 Å². The van der Waals surface area contributed by atoms with E-state index in [9.17, 15) is 4.79 Å². The zero-order valence-electron chi connectivity index (χ0n) is 18.4. The van der Waals surface area contributed by atoms with E-state index >= 15 is 0 Å². The van der Waals surface area contributed by atoms with Gasteiger partial charge in [0.15, 0.2) is 0 Å². The number of benzene rings is 1. The summed E-state index contributed by atoms with van der Waals surface area (Å²) in [6.45, 7) is 12.9. The van der Waals surface area contributed by atoms with Crippen LogP contribution in [0.15, 0.2) is 30.3 Å². The first-order valence-electron chi connectivity index (χ1n) is 11.0. The van der Waals surface area contributed by atoms with Crippen LogP contribution in [0.2, 0.25) is 0 Å². The Hall–Kier alpha value is -1.57. The smallest absolute Gasteiger partial charge is 0.246 e. The molecule has 0 saturated heterocycles. The molecule has 0 aromatic heterocycles. The number of unbranched alkanes of at least 4 members (excludes halogenated alkanes) is 6. The monoisotopic (exact) mass is 371 g/mol. The lowest BCUT2D eigenvalue weighted by Gasteiger charge is -2.21. The maximum atomic E-state index is 12.7. The molecule has 27 heavy (non-hydrogen) atoms. The normalized spacial score (nSPS) is 11.9. The highest BCUT2D eigenvalue weighted by Crippen LogP contribution is 2.22. The minimum absolute atomic E-state index is 0.155. The van der Waals surface area contributed by atoms with Gasteiger partial charge in [-0.2, -0.15) is 0 Å². The molecule has 1 rings (SSSR count). The van der Waals surface area contributed by atoms with Gasteiger partial charge in [-0.05, 0) is 35.5 Å². The highest BCUT2D eigenvalue weighted by Gasteiger charge is 2.13. The second-order valence-corrected chi connectivity index (χ2v) is 8.65. The lowest BCUT2D eigenvalue weighted by atomic mass is 9.87. The summed E-state index contributed by atoms with van der Waals surface area (Å²) in [6.07, 6.45) is 13.3. The molecule has 0 atom stereocenters. The Bertz CT molecular complexity index is 539. The molecule has 0 fully saturated rings. The van der Waals surface area contributed by atoms with Gasteiger partial charge in [-0.1, -0.05) is 97.4 Å². The molecule has 0 aliphatic carbocycles. The van der Waals surface area contributed by atoms with Crippen LogP contribution in [0.4, 0.5) is 0 Å². The quantitative estimate of drug-likeness (QED) is 0.286. The van der Waals surface area contributed by atoms with Crippen molar-refractivity contribution in [2.75, 3.05) is 13.1 Å². The van der Waals surface area contributed by atoms with Crippen LogP contribution in [-0.4, -0.2) is 23.9 Å². The molecule has 0 aliphatic rings. The van der Waals surface area contributed by atoms with Crippen molar-refractivity contribution in [3.05, 3.63) is 41.5 Å². The van der Waals surface area contributed by atoms with E-state index in [2.05, 4.69) is 58.9 Å². The van der Waals surface area contributed by atoms with Crippen LogP contribution in [0.1, 0.15) is 97.1 Å². The number of amides is 1. The van der Waals surface area contributed by atoms with Crippen molar-refractivity contribution in [2.24, 2.45) is 0 Å². The third-order valence-corrected chi connectivity index (χ3v) is 5.07. The summed E-state index contributed by atoms with van der Waals surface area (Å²) in [4.78, 5) is 14.8. The predicted octanol–water partition coefficient (Wildman–Crippen LogP) is 6.99. The average Bonchev–Trinajstić information content (AvgIpc) is 2.64. The zero-order valence-corrected chi connectivity index (χ0v) is 18.4. The maximum absolute atomic E-state index is 12.7. The van der Waals surface area contributed by atoms with E-state index in [0.29, 0.717) is 0 Å². The summed E-state index contributed by atoms with van der Waals surface area (Å²) < 4.78 is 0. The number of carbonyl (C=O) groups is 1. The summed E-state index contributed by atoms with van der Waals surface area (Å²) in [6, 6.07) is 8.54. The van der Waals surface area contributed by atoms with E-state index in [1.807, 2.05) is 11.0 Å². The van der Waals surface area contributed by atoms with E-state index in [1.165, 1.54) is 44.1 Å². The molecule has 0 aliphatic heterocycles. The van der Waals surface area contributed by atoms with Crippen molar-refractivity contribution in [3.63, 3.8) is 0 Å². The van der Waals surface area contributed by atoms with E-state index in [-0.39, 0.29) is 11.3 Å². The molecule has 0 radical (unpaired) electrons. The summed E-state index contributed by atoms with van der Waals surface area (Å²) in [7, 11) is 0. The van der Waals surface area contributed by atoms with Crippen molar-refractivity contribution in [3.8, 4) is 0 Å². The molecule has 1 aromatic carbocycles. The molecule has 0 heterocycles. The third-order valence-electron chi connectivity index (χ3n) is 5.07. The third kappa shape index (κ3) is 9.79. The number of hydrogen-bond donors (Lipinski definition) is 0. The van der Waals surface area contributed by atoms with Crippen molar-refractivity contribution in [1.29, 1.82) is 0 Å². The molecule has 2 nitrogen and oxygen atoms in total. The standard InChI is InChI=1S/C25H41NO/c1-6-8-10-12-20-26(21-13-11-9-7-2)24(27)19-16-22-14-17-23(18-15-22)25(3,4)5/h14-19H,6-13,20-21H2,1-5H3. The topological polar surface area (TPSA) is 20.3 Å². The van der Waals surface area contributed by atoms with Gasteiger partial charge in [0.05, 0.1) is 0 Å². The highest BCUT2D eigenvalue weighted by molar-refractivity contribution is 5.91. The lowest BCUT2D eigenvalue weighted by molar-refractivity contribution is -0.126. The number of rotatable bonds is 12. The Morgan fingerprint density at radius 2 is 1.37 bits per heavy atom. The molecule has 0 bridgehead atoms. The maximum Gasteiger partial charge on any atom is 0.246 e. The van der Waals surface area contributed by atoms with Crippen LogP contribution >= 0.6 is 0 Å². The van der Waals surface area contributed by atoms with Crippen molar-refractivity contribution >= 4 is 12.0 Å². The number of nitrogens with zero attached hydrogens (tertiary/aromatic N) is 1. The van der Waals surface area contributed by atoms with Gasteiger partial charge < -0.3 is 4.90 Å². The molecule has 152 valence electrons. The molecule has 1 aromatic rings. The summed E-state index contributed by atoms with van der Waals surface area (Å²) in [5.41, 5.74) is 2.57. The number of hydrogen-bond acceptors (Lipinski definition) is 1. The Kier molecular flexibility index (Phi) is 11.1. The second-order valence-electron chi connectivity index (χ2n) is 8.65. The van der Waals surface area contributed by atoms with Crippen molar-refractivity contribution in [1.82, 2.24) is 4.90 Å². The van der Waals surface area contributed by atoms with Gasteiger partial charge in [0, 0.05) is 19.2 Å². The predicted molar refractivity (Wildman–Crippen MR) is 119 cm³/mol. The summed E-state index contributed by atoms with van der Waals surface area (Å²) >= 11 is 0. The largest absolute Gasteiger partial charge is 0.339 e. The van der Waals surface area contributed by atoms with Gasteiger partial charge in [0.2, 0.25) is 5.91 Å². The summed E-state index contributed by atoms with van der Waals surface area (Å²) in [5.74, 6) is 0.155. The van der Waals surface area contributed by atoms with Crippen molar-refractivity contribution < 1.29 is 4.79 Å². The molecule has 1 amide bonds. The minimum atomic E-state index is 0.155. The molecule has 2 heteroatoms. The fourth-order valence-corrected chi connectivity index (χ4v) is 3.16. The van der Waals surface area contributed by atoms with Crippen LogP contribution in [0, 0.1) is 0 Å². The SMILES string of the molecule is CCCCCCN(CCCCCC)C(=O)C=Cc1ccc(C(C)(C)C)cc1. The molecule has 0 N–H and O–H groups in total. The van der Waals surface area contributed by atoms with Gasteiger partial charge >= 0.3 is 0 Å². The molecule has 0 unspecified atom stereocenters. The van der Waals surface area contributed by atoms with E-state index in [4.69, 9.17) is 0 Å². The van der Waals surface area contributed by atoms with Crippen LogP contribution in [0.5, 0.6) is 0 Å². The van der Waals surface area contributed by atoms with Crippen LogP contribution in [0.3, 0.4) is 0 Å². The fourth-order valence-electron chi connectivity index (χ4n) is 3.16. The molecular weight excluding hydrogens is 330 g/mol. The van der Waals surface area contributed by atoms with Crippen LogP contribution in [0.25, 0.3) is 6.08 Å². The fraction of sp³-hybridized carbons (Fsp3) is 0.640.